The number of hydrogen-bond acceptors (Lipinski definition) is 2. The normalized spacial score (nSPS) is 11.1. The fourth-order valence-electron chi connectivity index (χ4n) is 3.59. The number of aromatic nitrogens is 2. The molecular formula is C24H23N3O. The SMILES string of the molecule is CCc1nc2c(C)cccn2c1C(=O)NC(c1ccccc1)c1ccccc1. The molecule has 0 saturated carbocycles. The van der Waals surface area contributed by atoms with E-state index in [2.05, 4.69) is 5.32 Å². The lowest BCUT2D eigenvalue weighted by Gasteiger charge is -2.20. The minimum absolute atomic E-state index is 0.118. The summed E-state index contributed by atoms with van der Waals surface area (Å²) in [6.45, 7) is 4.04. The van der Waals surface area contributed by atoms with Crippen LogP contribution in [-0.2, 0) is 6.42 Å². The second kappa shape index (κ2) is 7.69. The molecule has 140 valence electrons. The van der Waals surface area contributed by atoms with Crippen molar-refractivity contribution in [1.82, 2.24) is 14.7 Å². The topological polar surface area (TPSA) is 46.4 Å². The molecule has 2 aromatic heterocycles. The number of nitrogens with one attached hydrogen (secondary N) is 1. The predicted molar refractivity (Wildman–Crippen MR) is 112 cm³/mol. The van der Waals surface area contributed by atoms with E-state index in [9.17, 15) is 4.79 Å². The number of carbonyl (C=O) groups excluding carboxylic acids is 1. The van der Waals surface area contributed by atoms with Gasteiger partial charge < -0.3 is 5.32 Å². The van der Waals surface area contributed by atoms with Crippen LogP contribution in [0.3, 0.4) is 0 Å². The van der Waals surface area contributed by atoms with Crippen molar-refractivity contribution in [2.75, 3.05) is 0 Å². The lowest BCUT2D eigenvalue weighted by Crippen LogP contribution is -2.31. The molecule has 28 heavy (non-hydrogen) atoms. The first-order chi connectivity index (χ1) is 13.7. The fourth-order valence-corrected chi connectivity index (χ4v) is 3.59. The fraction of sp³-hybridized carbons (Fsp3) is 0.167. The summed E-state index contributed by atoms with van der Waals surface area (Å²) in [5.74, 6) is -0.118. The maximum atomic E-state index is 13.4. The van der Waals surface area contributed by atoms with Gasteiger partial charge in [-0.2, -0.15) is 0 Å². The van der Waals surface area contributed by atoms with Gasteiger partial charge in [0.2, 0.25) is 0 Å². The van der Waals surface area contributed by atoms with Crippen molar-refractivity contribution >= 4 is 11.6 Å². The predicted octanol–water partition coefficient (Wildman–Crippen LogP) is 4.72. The summed E-state index contributed by atoms with van der Waals surface area (Å²) in [4.78, 5) is 18.1. The molecule has 0 aliphatic rings. The monoisotopic (exact) mass is 369 g/mol. The van der Waals surface area contributed by atoms with Gasteiger partial charge in [-0.05, 0) is 36.1 Å². The summed E-state index contributed by atoms with van der Waals surface area (Å²) in [5.41, 5.74) is 5.40. The Kier molecular flexibility index (Phi) is 4.94. The first-order valence-corrected chi connectivity index (χ1v) is 9.56. The molecular weight excluding hydrogens is 346 g/mol. The zero-order valence-electron chi connectivity index (χ0n) is 16.1. The molecule has 0 radical (unpaired) electrons. The lowest BCUT2D eigenvalue weighted by molar-refractivity contribution is 0.0936. The van der Waals surface area contributed by atoms with E-state index in [1.54, 1.807) is 0 Å². The highest BCUT2D eigenvalue weighted by Crippen LogP contribution is 2.24. The maximum absolute atomic E-state index is 13.4. The van der Waals surface area contributed by atoms with Crippen LogP contribution in [-0.4, -0.2) is 15.3 Å². The average molecular weight is 369 g/mol. The number of imidazole rings is 1. The van der Waals surface area contributed by atoms with Gasteiger partial charge in [-0.3, -0.25) is 9.20 Å². The zero-order chi connectivity index (χ0) is 19.5. The Balaban J connectivity index is 1.77. The molecule has 1 amide bonds. The summed E-state index contributed by atoms with van der Waals surface area (Å²) < 4.78 is 1.90. The van der Waals surface area contributed by atoms with Gasteiger partial charge >= 0.3 is 0 Å². The van der Waals surface area contributed by atoms with Gasteiger partial charge in [-0.15, -0.1) is 0 Å². The van der Waals surface area contributed by atoms with E-state index >= 15 is 0 Å². The molecule has 0 aliphatic heterocycles. The molecule has 0 atom stereocenters. The second-order valence-corrected chi connectivity index (χ2v) is 6.87. The second-order valence-electron chi connectivity index (χ2n) is 6.87. The molecule has 1 N–H and O–H groups in total. The summed E-state index contributed by atoms with van der Waals surface area (Å²) in [5, 5.41) is 3.24. The molecule has 0 saturated heterocycles. The van der Waals surface area contributed by atoms with Crippen molar-refractivity contribution < 1.29 is 4.79 Å². The Morgan fingerprint density at radius 2 is 1.57 bits per heavy atom. The van der Waals surface area contributed by atoms with Gasteiger partial charge in [-0.25, -0.2) is 4.98 Å². The molecule has 0 spiro atoms. The standard InChI is InChI=1S/C24H23N3O/c1-3-20-22(27-16-10-11-17(2)23(27)25-20)24(28)26-21(18-12-6-4-7-13-18)19-14-8-5-9-15-19/h4-16,21H,3H2,1-2H3,(H,26,28). The van der Waals surface area contributed by atoms with Gasteiger partial charge in [0.05, 0.1) is 11.7 Å². The summed E-state index contributed by atoms with van der Waals surface area (Å²) in [6.07, 6.45) is 2.61. The highest BCUT2D eigenvalue weighted by Gasteiger charge is 2.23. The molecule has 2 aromatic carbocycles. The Morgan fingerprint density at radius 3 is 2.14 bits per heavy atom. The minimum Gasteiger partial charge on any atom is -0.340 e. The molecule has 4 heteroatoms. The largest absolute Gasteiger partial charge is 0.340 e. The zero-order valence-corrected chi connectivity index (χ0v) is 16.1. The number of amides is 1. The van der Waals surface area contributed by atoms with Gasteiger partial charge in [0.1, 0.15) is 11.3 Å². The Hall–Kier alpha value is -3.40. The first kappa shape index (κ1) is 18.0. The molecule has 4 aromatic rings. The van der Waals surface area contributed by atoms with Crippen LogP contribution in [0.1, 0.15) is 45.8 Å². The Morgan fingerprint density at radius 1 is 0.964 bits per heavy atom. The maximum Gasteiger partial charge on any atom is 0.270 e. The van der Waals surface area contributed by atoms with E-state index in [1.807, 2.05) is 97.2 Å². The van der Waals surface area contributed by atoms with Crippen molar-refractivity contribution in [1.29, 1.82) is 0 Å². The summed E-state index contributed by atoms with van der Waals surface area (Å²) in [6, 6.07) is 23.8. The number of benzene rings is 2. The lowest BCUT2D eigenvalue weighted by atomic mass is 9.98. The minimum atomic E-state index is -0.227. The van der Waals surface area contributed by atoms with Crippen LogP contribution in [0, 0.1) is 6.92 Å². The van der Waals surface area contributed by atoms with Gasteiger partial charge in [0.25, 0.3) is 5.91 Å². The summed E-state index contributed by atoms with van der Waals surface area (Å²) >= 11 is 0. The van der Waals surface area contributed by atoms with Crippen molar-refractivity contribution in [2.45, 2.75) is 26.3 Å². The van der Waals surface area contributed by atoms with Crippen molar-refractivity contribution in [2.24, 2.45) is 0 Å². The van der Waals surface area contributed by atoms with E-state index in [0.717, 1.165) is 28.0 Å². The van der Waals surface area contributed by atoms with Gasteiger partial charge in [0, 0.05) is 6.20 Å². The van der Waals surface area contributed by atoms with Gasteiger partial charge in [0.15, 0.2) is 0 Å². The van der Waals surface area contributed by atoms with Crippen LogP contribution in [0.15, 0.2) is 79.0 Å². The molecule has 4 nitrogen and oxygen atoms in total. The molecule has 0 unspecified atom stereocenters. The third-order valence-electron chi connectivity index (χ3n) is 5.01. The highest BCUT2D eigenvalue weighted by atomic mass is 16.2. The summed E-state index contributed by atoms with van der Waals surface area (Å²) in [7, 11) is 0. The highest BCUT2D eigenvalue weighted by molar-refractivity contribution is 5.95. The Labute approximate surface area is 164 Å². The molecule has 4 rings (SSSR count). The molecule has 0 bridgehead atoms. The smallest absolute Gasteiger partial charge is 0.270 e. The van der Waals surface area contributed by atoms with Crippen LogP contribution in [0.25, 0.3) is 5.65 Å². The number of nitrogens with zero attached hydrogens (tertiary/aromatic N) is 2. The molecule has 0 fully saturated rings. The van der Waals surface area contributed by atoms with Crippen molar-refractivity contribution in [3.8, 4) is 0 Å². The van der Waals surface area contributed by atoms with Crippen LogP contribution in [0.2, 0.25) is 0 Å². The number of aryl methyl sites for hydroxylation is 2. The Bertz CT molecular complexity index is 1060. The number of hydrogen-bond donors (Lipinski definition) is 1. The van der Waals surface area contributed by atoms with E-state index in [0.29, 0.717) is 12.1 Å². The third-order valence-corrected chi connectivity index (χ3v) is 5.01. The van der Waals surface area contributed by atoms with Crippen LogP contribution in [0.4, 0.5) is 0 Å². The van der Waals surface area contributed by atoms with E-state index in [4.69, 9.17) is 4.98 Å². The average Bonchev–Trinajstić information content (AvgIpc) is 3.13. The van der Waals surface area contributed by atoms with E-state index < -0.39 is 0 Å². The van der Waals surface area contributed by atoms with Gasteiger partial charge in [-0.1, -0.05) is 73.7 Å². The van der Waals surface area contributed by atoms with Crippen LogP contribution < -0.4 is 5.32 Å². The number of carbonyl (C=O) groups is 1. The first-order valence-electron chi connectivity index (χ1n) is 9.56. The number of fused-ring (bicyclic) bond motifs is 1. The number of rotatable bonds is 5. The third kappa shape index (κ3) is 3.29. The van der Waals surface area contributed by atoms with E-state index in [-0.39, 0.29) is 11.9 Å². The quantitative estimate of drug-likeness (QED) is 0.553. The van der Waals surface area contributed by atoms with Crippen LogP contribution >= 0.6 is 0 Å². The number of pyridine rings is 1. The van der Waals surface area contributed by atoms with Crippen molar-refractivity contribution in [3.05, 3.63) is 107 Å². The molecule has 0 aliphatic carbocycles. The van der Waals surface area contributed by atoms with Crippen LogP contribution in [0.5, 0.6) is 0 Å². The van der Waals surface area contributed by atoms with Crippen molar-refractivity contribution in [3.63, 3.8) is 0 Å². The van der Waals surface area contributed by atoms with E-state index in [1.165, 1.54) is 0 Å². The molecule has 2 heterocycles.